The number of rotatable bonds is 2. The lowest BCUT2D eigenvalue weighted by Crippen LogP contribution is -2.05. The van der Waals surface area contributed by atoms with Gasteiger partial charge in [0.1, 0.15) is 5.82 Å². The molecule has 0 atom stereocenters. The average molecular weight is 227 g/mol. The van der Waals surface area contributed by atoms with Gasteiger partial charge in [0.05, 0.1) is 6.20 Å². The monoisotopic (exact) mass is 227 g/mol. The molecule has 0 fully saturated rings. The number of nitrogens with two attached hydrogens (primary N) is 1. The minimum Gasteiger partial charge on any atom is -0.383 e. The first-order chi connectivity index (χ1) is 8.34. The SMILES string of the molecule is Nc1nc(-n2cccn2)ncc1-c1cn[nH]c1. The van der Waals surface area contributed by atoms with Crippen LogP contribution < -0.4 is 5.73 Å². The molecule has 0 spiro atoms. The largest absolute Gasteiger partial charge is 0.383 e. The van der Waals surface area contributed by atoms with Gasteiger partial charge in [0.2, 0.25) is 0 Å². The molecule has 3 rings (SSSR count). The van der Waals surface area contributed by atoms with Crippen molar-refractivity contribution < 1.29 is 0 Å². The molecule has 7 nitrogen and oxygen atoms in total. The molecule has 0 bridgehead atoms. The van der Waals surface area contributed by atoms with Crippen LogP contribution in [0.5, 0.6) is 0 Å². The van der Waals surface area contributed by atoms with Crippen molar-refractivity contribution in [1.29, 1.82) is 0 Å². The van der Waals surface area contributed by atoms with E-state index < -0.39 is 0 Å². The summed E-state index contributed by atoms with van der Waals surface area (Å²) in [7, 11) is 0. The summed E-state index contributed by atoms with van der Waals surface area (Å²) in [6, 6.07) is 1.80. The first kappa shape index (κ1) is 9.52. The van der Waals surface area contributed by atoms with E-state index in [1.165, 1.54) is 0 Å². The molecule has 3 aromatic heterocycles. The summed E-state index contributed by atoms with van der Waals surface area (Å²) in [5, 5.41) is 10.6. The third kappa shape index (κ3) is 1.63. The standard InChI is InChI=1S/C10H9N7/c11-9-8(7-4-13-14-5-7)6-12-10(16-9)17-3-1-2-15-17/h1-6H,(H,13,14)(H2,11,12,16). The van der Waals surface area contributed by atoms with Crippen LogP contribution in [0.4, 0.5) is 5.82 Å². The summed E-state index contributed by atoms with van der Waals surface area (Å²) >= 11 is 0. The Morgan fingerprint density at radius 2 is 2.24 bits per heavy atom. The molecular formula is C10H9N7. The third-order valence-electron chi connectivity index (χ3n) is 2.32. The fourth-order valence-corrected chi connectivity index (χ4v) is 1.50. The van der Waals surface area contributed by atoms with Gasteiger partial charge in [0.15, 0.2) is 0 Å². The fourth-order valence-electron chi connectivity index (χ4n) is 1.50. The van der Waals surface area contributed by atoms with Gasteiger partial charge in [0, 0.05) is 35.9 Å². The Morgan fingerprint density at radius 1 is 1.29 bits per heavy atom. The van der Waals surface area contributed by atoms with Crippen molar-refractivity contribution in [2.45, 2.75) is 0 Å². The predicted octanol–water partition coefficient (Wildman–Crippen LogP) is 0.635. The highest BCUT2D eigenvalue weighted by molar-refractivity contribution is 5.71. The molecule has 17 heavy (non-hydrogen) atoms. The minimum absolute atomic E-state index is 0.395. The van der Waals surface area contributed by atoms with Gasteiger partial charge in [-0.15, -0.1) is 0 Å². The number of nitrogen functional groups attached to an aromatic ring is 1. The van der Waals surface area contributed by atoms with Crippen molar-refractivity contribution >= 4 is 5.82 Å². The van der Waals surface area contributed by atoms with E-state index in [2.05, 4.69) is 25.3 Å². The maximum absolute atomic E-state index is 5.88. The fraction of sp³-hybridized carbons (Fsp3) is 0. The zero-order chi connectivity index (χ0) is 11.7. The number of aromatic amines is 1. The van der Waals surface area contributed by atoms with E-state index in [4.69, 9.17) is 5.73 Å². The molecule has 0 saturated carbocycles. The summed E-state index contributed by atoms with van der Waals surface area (Å²) in [5.74, 6) is 0.839. The first-order valence-corrected chi connectivity index (χ1v) is 4.96. The second kappa shape index (κ2) is 3.71. The molecule has 0 aliphatic carbocycles. The van der Waals surface area contributed by atoms with Crippen LogP contribution in [-0.4, -0.2) is 29.9 Å². The van der Waals surface area contributed by atoms with Crippen molar-refractivity contribution in [2.75, 3.05) is 5.73 Å². The number of hydrogen-bond donors (Lipinski definition) is 2. The van der Waals surface area contributed by atoms with Gasteiger partial charge in [-0.05, 0) is 6.07 Å². The van der Waals surface area contributed by atoms with Crippen molar-refractivity contribution in [3.05, 3.63) is 37.1 Å². The maximum atomic E-state index is 5.88. The van der Waals surface area contributed by atoms with Crippen molar-refractivity contribution in [3.8, 4) is 17.1 Å². The first-order valence-electron chi connectivity index (χ1n) is 4.96. The van der Waals surface area contributed by atoms with Crippen molar-refractivity contribution in [3.63, 3.8) is 0 Å². The molecule has 3 N–H and O–H groups in total. The number of hydrogen-bond acceptors (Lipinski definition) is 5. The summed E-state index contributed by atoms with van der Waals surface area (Å²) in [6.07, 6.45) is 8.48. The van der Waals surface area contributed by atoms with E-state index in [0.717, 1.165) is 11.1 Å². The number of anilines is 1. The second-order valence-electron chi connectivity index (χ2n) is 3.41. The van der Waals surface area contributed by atoms with E-state index in [1.54, 1.807) is 41.7 Å². The molecule has 84 valence electrons. The summed E-state index contributed by atoms with van der Waals surface area (Å²) in [5.41, 5.74) is 7.49. The van der Waals surface area contributed by atoms with Crippen LogP contribution in [0.2, 0.25) is 0 Å². The lowest BCUT2D eigenvalue weighted by molar-refractivity contribution is 0.811. The Kier molecular flexibility index (Phi) is 2.08. The van der Waals surface area contributed by atoms with Gasteiger partial charge in [-0.3, -0.25) is 5.10 Å². The highest BCUT2D eigenvalue weighted by Gasteiger charge is 2.08. The maximum Gasteiger partial charge on any atom is 0.252 e. The molecule has 3 aromatic rings. The summed E-state index contributed by atoms with van der Waals surface area (Å²) in [6.45, 7) is 0. The lowest BCUT2D eigenvalue weighted by Gasteiger charge is -2.04. The van der Waals surface area contributed by atoms with E-state index in [0.29, 0.717) is 11.8 Å². The van der Waals surface area contributed by atoms with Gasteiger partial charge in [0.25, 0.3) is 5.95 Å². The highest BCUT2D eigenvalue weighted by atomic mass is 15.3. The number of nitrogens with one attached hydrogen (secondary N) is 1. The third-order valence-corrected chi connectivity index (χ3v) is 2.32. The predicted molar refractivity (Wildman–Crippen MR) is 61.1 cm³/mol. The molecule has 0 aliphatic rings. The van der Waals surface area contributed by atoms with E-state index in [9.17, 15) is 0 Å². The van der Waals surface area contributed by atoms with Gasteiger partial charge >= 0.3 is 0 Å². The number of H-pyrrole nitrogens is 1. The smallest absolute Gasteiger partial charge is 0.252 e. The van der Waals surface area contributed by atoms with Gasteiger partial charge in [-0.1, -0.05) is 0 Å². The Morgan fingerprint density at radius 3 is 2.88 bits per heavy atom. The van der Waals surface area contributed by atoms with Crippen molar-refractivity contribution in [1.82, 2.24) is 29.9 Å². The van der Waals surface area contributed by atoms with Gasteiger partial charge < -0.3 is 5.73 Å². The molecule has 0 saturated heterocycles. The topological polar surface area (TPSA) is 98.3 Å². The van der Waals surface area contributed by atoms with Crippen LogP contribution in [0.25, 0.3) is 17.1 Å². The molecule has 0 radical (unpaired) electrons. The molecule has 7 heteroatoms. The number of nitrogens with zero attached hydrogens (tertiary/aromatic N) is 5. The molecule has 0 aliphatic heterocycles. The van der Waals surface area contributed by atoms with E-state index in [1.807, 2.05) is 0 Å². The molecule has 0 unspecified atom stereocenters. The minimum atomic E-state index is 0.395. The van der Waals surface area contributed by atoms with E-state index >= 15 is 0 Å². The molecular weight excluding hydrogens is 218 g/mol. The summed E-state index contributed by atoms with van der Waals surface area (Å²) < 4.78 is 1.55. The van der Waals surface area contributed by atoms with Crippen LogP contribution in [0.15, 0.2) is 37.1 Å². The lowest BCUT2D eigenvalue weighted by atomic mass is 10.2. The van der Waals surface area contributed by atoms with Crippen LogP contribution in [-0.2, 0) is 0 Å². The Hall–Kier alpha value is -2.70. The van der Waals surface area contributed by atoms with Crippen LogP contribution in [0, 0.1) is 0 Å². The molecule has 0 amide bonds. The molecule has 3 heterocycles. The van der Waals surface area contributed by atoms with Crippen LogP contribution >= 0.6 is 0 Å². The highest BCUT2D eigenvalue weighted by Crippen LogP contribution is 2.22. The normalized spacial score (nSPS) is 10.6. The van der Waals surface area contributed by atoms with E-state index in [-0.39, 0.29) is 0 Å². The zero-order valence-electron chi connectivity index (χ0n) is 8.78. The second-order valence-corrected chi connectivity index (χ2v) is 3.41. The average Bonchev–Trinajstić information content (AvgIpc) is 3.02. The van der Waals surface area contributed by atoms with Gasteiger partial charge in [-0.25, -0.2) is 9.67 Å². The number of aromatic nitrogens is 6. The van der Waals surface area contributed by atoms with Crippen LogP contribution in [0.1, 0.15) is 0 Å². The Labute approximate surface area is 96.3 Å². The van der Waals surface area contributed by atoms with Crippen LogP contribution in [0.3, 0.4) is 0 Å². The quantitative estimate of drug-likeness (QED) is 0.669. The Balaban J connectivity index is 2.06. The Bertz CT molecular complexity index is 612. The molecule has 0 aromatic carbocycles. The van der Waals surface area contributed by atoms with Crippen molar-refractivity contribution in [2.24, 2.45) is 0 Å². The zero-order valence-corrected chi connectivity index (χ0v) is 8.78. The summed E-state index contributed by atoms with van der Waals surface area (Å²) in [4.78, 5) is 8.40. The van der Waals surface area contributed by atoms with Gasteiger partial charge in [-0.2, -0.15) is 15.2 Å².